The van der Waals surface area contributed by atoms with E-state index in [-0.39, 0.29) is 18.6 Å². The summed E-state index contributed by atoms with van der Waals surface area (Å²) in [6.07, 6.45) is 0.0567. The van der Waals surface area contributed by atoms with Crippen LogP contribution >= 0.6 is 0 Å². The summed E-state index contributed by atoms with van der Waals surface area (Å²) in [5, 5.41) is 0.738. The SMILES string of the molecule is CCOC(=O)C(=O)c1ccc2c(c1)c(CC(N)=O)c(C)n2Cc1ccccc1. The van der Waals surface area contributed by atoms with Crippen LogP contribution in [-0.2, 0) is 27.3 Å². The van der Waals surface area contributed by atoms with E-state index in [1.54, 1.807) is 25.1 Å². The predicted molar refractivity (Wildman–Crippen MR) is 106 cm³/mol. The third-order valence-corrected chi connectivity index (χ3v) is 4.71. The van der Waals surface area contributed by atoms with Crippen molar-refractivity contribution in [1.29, 1.82) is 0 Å². The second-order valence-electron chi connectivity index (χ2n) is 6.56. The molecule has 1 heterocycles. The summed E-state index contributed by atoms with van der Waals surface area (Å²) >= 11 is 0. The molecular formula is C22H22N2O4. The van der Waals surface area contributed by atoms with Crippen LogP contribution in [0.1, 0.15) is 34.1 Å². The van der Waals surface area contributed by atoms with Crippen molar-refractivity contribution in [3.05, 3.63) is 70.9 Å². The number of hydrogen-bond acceptors (Lipinski definition) is 4. The van der Waals surface area contributed by atoms with E-state index in [1.807, 2.05) is 37.3 Å². The number of amides is 1. The Morgan fingerprint density at radius 1 is 1.07 bits per heavy atom. The number of hydrogen-bond donors (Lipinski definition) is 1. The minimum Gasteiger partial charge on any atom is -0.460 e. The summed E-state index contributed by atoms with van der Waals surface area (Å²) in [6.45, 7) is 4.32. The normalized spacial score (nSPS) is 10.8. The van der Waals surface area contributed by atoms with Gasteiger partial charge in [0.15, 0.2) is 0 Å². The highest BCUT2D eigenvalue weighted by molar-refractivity contribution is 6.41. The molecule has 3 rings (SSSR count). The molecule has 1 amide bonds. The van der Waals surface area contributed by atoms with Crippen LogP contribution in [0.15, 0.2) is 48.5 Å². The number of benzene rings is 2. The molecule has 6 nitrogen and oxygen atoms in total. The smallest absolute Gasteiger partial charge is 0.379 e. The number of fused-ring (bicyclic) bond motifs is 1. The second-order valence-corrected chi connectivity index (χ2v) is 6.56. The molecule has 0 saturated heterocycles. The molecule has 0 atom stereocenters. The fraction of sp³-hybridized carbons (Fsp3) is 0.227. The van der Waals surface area contributed by atoms with Gasteiger partial charge in [-0.2, -0.15) is 0 Å². The van der Waals surface area contributed by atoms with Gasteiger partial charge in [0.25, 0.3) is 5.78 Å². The molecule has 6 heteroatoms. The number of carbonyl (C=O) groups excluding carboxylic acids is 3. The van der Waals surface area contributed by atoms with Gasteiger partial charge >= 0.3 is 5.97 Å². The second kappa shape index (κ2) is 8.08. The van der Waals surface area contributed by atoms with Gasteiger partial charge in [-0.3, -0.25) is 9.59 Å². The summed E-state index contributed by atoms with van der Waals surface area (Å²) < 4.78 is 6.89. The maximum Gasteiger partial charge on any atom is 0.379 e. The van der Waals surface area contributed by atoms with E-state index in [4.69, 9.17) is 10.5 Å². The number of nitrogens with zero attached hydrogens (tertiary/aromatic N) is 1. The van der Waals surface area contributed by atoms with Crippen molar-refractivity contribution in [2.24, 2.45) is 5.73 Å². The summed E-state index contributed by atoms with van der Waals surface area (Å²) in [5.41, 5.74) is 9.32. The van der Waals surface area contributed by atoms with Crippen molar-refractivity contribution in [2.45, 2.75) is 26.8 Å². The number of ketones is 1. The van der Waals surface area contributed by atoms with E-state index in [9.17, 15) is 14.4 Å². The average Bonchev–Trinajstić information content (AvgIpc) is 2.93. The van der Waals surface area contributed by atoms with Crippen LogP contribution in [0.2, 0.25) is 0 Å². The van der Waals surface area contributed by atoms with E-state index in [0.29, 0.717) is 6.54 Å². The highest BCUT2D eigenvalue weighted by Gasteiger charge is 2.21. The Labute approximate surface area is 162 Å². The lowest BCUT2D eigenvalue weighted by atomic mass is 10.0. The first kappa shape index (κ1) is 19.4. The molecule has 0 radical (unpaired) electrons. The predicted octanol–water partition coefficient (Wildman–Crippen LogP) is 2.77. The van der Waals surface area contributed by atoms with Crippen molar-refractivity contribution < 1.29 is 19.1 Å². The first-order valence-electron chi connectivity index (χ1n) is 9.07. The first-order valence-corrected chi connectivity index (χ1v) is 9.07. The molecule has 1 aromatic heterocycles. The molecule has 144 valence electrons. The molecule has 0 fully saturated rings. The third kappa shape index (κ3) is 3.81. The largest absolute Gasteiger partial charge is 0.460 e. The number of Topliss-reactive ketones (excluding diaryl/α,β-unsaturated/α-hetero) is 1. The zero-order valence-corrected chi connectivity index (χ0v) is 15.9. The van der Waals surface area contributed by atoms with Crippen LogP contribution in [0.25, 0.3) is 10.9 Å². The van der Waals surface area contributed by atoms with Crippen molar-refractivity contribution in [1.82, 2.24) is 4.57 Å². The standard InChI is InChI=1S/C22H22N2O4/c1-3-28-22(27)21(26)16-9-10-19-18(11-16)17(12-20(23)25)14(2)24(19)13-15-7-5-4-6-8-15/h4-11H,3,12-13H2,1-2H3,(H2,23,25). The van der Waals surface area contributed by atoms with Gasteiger partial charge in [-0.1, -0.05) is 30.3 Å². The van der Waals surface area contributed by atoms with Gasteiger partial charge in [0.2, 0.25) is 5.91 Å². The number of nitrogens with two attached hydrogens (primary N) is 1. The van der Waals surface area contributed by atoms with Crippen molar-refractivity contribution in [3.8, 4) is 0 Å². The van der Waals surface area contributed by atoms with Gasteiger partial charge in [-0.25, -0.2) is 4.79 Å². The molecule has 0 spiro atoms. The van der Waals surface area contributed by atoms with Crippen LogP contribution in [0, 0.1) is 6.92 Å². The summed E-state index contributed by atoms with van der Waals surface area (Å²) in [6, 6.07) is 15.0. The first-order chi connectivity index (χ1) is 13.4. The maximum atomic E-state index is 12.3. The van der Waals surface area contributed by atoms with Crippen LogP contribution in [0.5, 0.6) is 0 Å². The number of esters is 1. The van der Waals surface area contributed by atoms with E-state index >= 15 is 0 Å². The third-order valence-electron chi connectivity index (χ3n) is 4.71. The van der Waals surface area contributed by atoms with Crippen LogP contribution in [0.4, 0.5) is 0 Å². The Balaban J connectivity index is 2.12. The van der Waals surface area contributed by atoms with Crippen LogP contribution < -0.4 is 5.73 Å². The lowest BCUT2D eigenvalue weighted by molar-refractivity contribution is -0.137. The van der Waals surface area contributed by atoms with E-state index in [2.05, 4.69) is 4.57 Å². The van der Waals surface area contributed by atoms with Gasteiger partial charge in [-0.15, -0.1) is 0 Å². The molecule has 0 saturated carbocycles. The highest BCUT2D eigenvalue weighted by Crippen LogP contribution is 2.28. The van der Waals surface area contributed by atoms with Gasteiger partial charge in [-0.05, 0) is 43.2 Å². The zero-order valence-electron chi connectivity index (χ0n) is 15.9. The molecule has 3 aromatic rings. The van der Waals surface area contributed by atoms with Crippen molar-refractivity contribution in [3.63, 3.8) is 0 Å². The molecular weight excluding hydrogens is 356 g/mol. The molecule has 2 N–H and O–H groups in total. The molecule has 0 bridgehead atoms. The van der Waals surface area contributed by atoms with Crippen molar-refractivity contribution in [2.75, 3.05) is 6.61 Å². The minimum atomic E-state index is -0.890. The topological polar surface area (TPSA) is 91.4 Å². The van der Waals surface area contributed by atoms with Crippen LogP contribution in [0.3, 0.4) is 0 Å². The monoisotopic (exact) mass is 378 g/mol. The van der Waals surface area contributed by atoms with Gasteiger partial charge in [0, 0.05) is 28.7 Å². The highest BCUT2D eigenvalue weighted by atomic mass is 16.5. The Kier molecular flexibility index (Phi) is 5.59. The van der Waals surface area contributed by atoms with E-state index in [0.717, 1.165) is 27.7 Å². The van der Waals surface area contributed by atoms with Gasteiger partial charge < -0.3 is 15.0 Å². The molecule has 2 aromatic carbocycles. The maximum absolute atomic E-state index is 12.3. The minimum absolute atomic E-state index is 0.0567. The number of rotatable bonds is 7. The number of ether oxygens (including phenoxy) is 1. The average molecular weight is 378 g/mol. The Morgan fingerprint density at radius 3 is 2.43 bits per heavy atom. The van der Waals surface area contributed by atoms with E-state index in [1.165, 1.54) is 0 Å². The van der Waals surface area contributed by atoms with Gasteiger partial charge in [0.05, 0.1) is 13.0 Å². The van der Waals surface area contributed by atoms with E-state index < -0.39 is 17.7 Å². The fourth-order valence-electron chi connectivity index (χ4n) is 3.37. The zero-order chi connectivity index (χ0) is 20.3. The van der Waals surface area contributed by atoms with Crippen molar-refractivity contribution >= 4 is 28.6 Å². The van der Waals surface area contributed by atoms with Crippen LogP contribution in [-0.4, -0.2) is 28.8 Å². The summed E-state index contributed by atoms with van der Waals surface area (Å²) in [5.74, 6) is -2.05. The molecule has 0 aliphatic heterocycles. The Morgan fingerprint density at radius 2 is 1.79 bits per heavy atom. The summed E-state index contributed by atoms with van der Waals surface area (Å²) in [7, 11) is 0. The lowest BCUT2D eigenvalue weighted by Crippen LogP contribution is -2.17. The lowest BCUT2D eigenvalue weighted by Gasteiger charge is -2.09. The fourth-order valence-corrected chi connectivity index (χ4v) is 3.37. The Hall–Kier alpha value is -3.41. The molecule has 0 unspecified atom stereocenters. The number of aromatic nitrogens is 1. The molecule has 0 aliphatic rings. The quantitative estimate of drug-likeness (QED) is 0.389. The molecule has 0 aliphatic carbocycles. The Bertz CT molecular complexity index is 1050. The number of carbonyl (C=O) groups is 3. The number of primary amides is 1. The summed E-state index contributed by atoms with van der Waals surface area (Å²) in [4.78, 5) is 35.7. The molecule has 28 heavy (non-hydrogen) atoms. The van der Waals surface area contributed by atoms with Gasteiger partial charge in [0.1, 0.15) is 0 Å².